The van der Waals surface area contributed by atoms with Gasteiger partial charge in [0.05, 0.1) is 11.3 Å². The smallest absolute Gasteiger partial charge is 0.225 e. The maximum atomic E-state index is 13.2. The zero-order chi connectivity index (χ0) is 19.3. The highest BCUT2D eigenvalue weighted by atomic mass is 32.2. The Morgan fingerprint density at radius 3 is 2.33 bits per heavy atom. The molecular formula is C20H18FNO3S2. The van der Waals surface area contributed by atoms with Crippen LogP contribution in [0, 0.1) is 5.82 Å². The second-order valence-electron chi connectivity index (χ2n) is 5.96. The van der Waals surface area contributed by atoms with Crippen LogP contribution in [-0.4, -0.2) is 20.9 Å². The van der Waals surface area contributed by atoms with Crippen LogP contribution in [0.25, 0.3) is 0 Å². The van der Waals surface area contributed by atoms with Crippen molar-refractivity contribution in [3.63, 3.8) is 0 Å². The third-order valence-corrected chi connectivity index (χ3v) is 7.08. The molecule has 0 radical (unpaired) electrons. The molecule has 0 aliphatic heterocycles. The van der Waals surface area contributed by atoms with Crippen LogP contribution >= 0.6 is 11.3 Å². The molecule has 0 saturated carbocycles. The Morgan fingerprint density at radius 1 is 1.00 bits per heavy atom. The predicted octanol–water partition coefficient (Wildman–Crippen LogP) is 3.76. The average Bonchev–Trinajstić information content (AvgIpc) is 3.16. The highest BCUT2D eigenvalue weighted by Crippen LogP contribution is 2.28. The summed E-state index contributed by atoms with van der Waals surface area (Å²) in [4.78, 5) is 13.1. The van der Waals surface area contributed by atoms with Crippen molar-refractivity contribution in [2.24, 2.45) is 0 Å². The molecule has 3 aromatic rings. The molecule has 27 heavy (non-hydrogen) atoms. The van der Waals surface area contributed by atoms with Gasteiger partial charge in [0.25, 0.3) is 0 Å². The fourth-order valence-electron chi connectivity index (χ4n) is 2.70. The van der Waals surface area contributed by atoms with Crippen LogP contribution in [0.1, 0.15) is 15.7 Å². The molecule has 1 heterocycles. The lowest BCUT2D eigenvalue weighted by Gasteiger charge is -2.19. The van der Waals surface area contributed by atoms with E-state index in [4.69, 9.17) is 0 Å². The monoisotopic (exact) mass is 403 g/mol. The lowest BCUT2D eigenvalue weighted by atomic mass is 10.1. The van der Waals surface area contributed by atoms with E-state index in [2.05, 4.69) is 5.32 Å². The molecule has 0 saturated heterocycles. The van der Waals surface area contributed by atoms with E-state index in [1.54, 1.807) is 30.3 Å². The summed E-state index contributed by atoms with van der Waals surface area (Å²) >= 11 is 1.47. The summed E-state index contributed by atoms with van der Waals surface area (Å²) in [5.41, 5.74) is 0.568. The first-order valence-corrected chi connectivity index (χ1v) is 10.7. The molecule has 7 heteroatoms. The topological polar surface area (TPSA) is 63.2 Å². The number of hydrogen-bond acceptors (Lipinski definition) is 4. The molecule has 0 spiro atoms. The van der Waals surface area contributed by atoms with Gasteiger partial charge in [0.1, 0.15) is 11.1 Å². The van der Waals surface area contributed by atoms with Gasteiger partial charge in [-0.05, 0) is 41.3 Å². The lowest BCUT2D eigenvalue weighted by Crippen LogP contribution is -2.32. The van der Waals surface area contributed by atoms with Gasteiger partial charge in [-0.3, -0.25) is 4.79 Å². The number of benzene rings is 2. The van der Waals surface area contributed by atoms with E-state index in [0.717, 1.165) is 17.0 Å². The summed E-state index contributed by atoms with van der Waals surface area (Å²) in [6.45, 7) is -0.0616. The first kappa shape index (κ1) is 19.3. The van der Waals surface area contributed by atoms with Gasteiger partial charge in [-0.1, -0.05) is 36.4 Å². The molecular weight excluding hydrogens is 385 g/mol. The quantitative estimate of drug-likeness (QED) is 0.611. The van der Waals surface area contributed by atoms with Gasteiger partial charge in [0.2, 0.25) is 5.91 Å². The van der Waals surface area contributed by atoms with Gasteiger partial charge in [-0.2, -0.15) is 0 Å². The number of halogens is 1. The van der Waals surface area contributed by atoms with Gasteiger partial charge in [-0.25, -0.2) is 12.8 Å². The van der Waals surface area contributed by atoms with E-state index in [1.165, 1.54) is 23.5 Å². The second-order valence-corrected chi connectivity index (χ2v) is 9.12. The molecule has 1 amide bonds. The van der Waals surface area contributed by atoms with Crippen molar-refractivity contribution in [3.8, 4) is 0 Å². The molecule has 1 aromatic heterocycles. The zero-order valence-corrected chi connectivity index (χ0v) is 16.0. The van der Waals surface area contributed by atoms with Crippen LogP contribution in [0.15, 0.2) is 77.0 Å². The summed E-state index contributed by atoms with van der Waals surface area (Å²) < 4.78 is 39.4. The molecule has 0 aliphatic carbocycles. The molecule has 0 fully saturated rings. The van der Waals surface area contributed by atoms with E-state index < -0.39 is 20.9 Å². The predicted molar refractivity (Wildman–Crippen MR) is 104 cm³/mol. The number of sulfone groups is 1. The summed E-state index contributed by atoms with van der Waals surface area (Å²) in [5, 5.41) is 3.64. The number of thiophene rings is 1. The van der Waals surface area contributed by atoms with Crippen LogP contribution in [0.5, 0.6) is 0 Å². The zero-order valence-electron chi connectivity index (χ0n) is 14.3. The van der Waals surface area contributed by atoms with Crippen LogP contribution in [-0.2, 0) is 21.1 Å². The van der Waals surface area contributed by atoms with Crippen LogP contribution < -0.4 is 5.32 Å². The van der Waals surface area contributed by atoms with Crippen molar-refractivity contribution < 1.29 is 17.6 Å². The van der Waals surface area contributed by atoms with E-state index >= 15 is 0 Å². The van der Waals surface area contributed by atoms with Gasteiger partial charge >= 0.3 is 0 Å². The van der Waals surface area contributed by atoms with Crippen LogP contribution in [0.4, 0.5) is 4.39 Å². The summed E-state index contributed by atoms with van der Waals surface area (Å²) in [6.07, 6.45) is 0.204. The molecule has 3 rings (SSSR count). The number of rotatable bonds is 7. The molecule has 1 N–H and O–H groups in total. The molecule has 1 unspecified atom stereocenters. The Labute approximate surface area is 161 Å². The molecule has 0 aliphatic rings. The Kier molecular flexibility index (Phi) is 6.03. The van der Waals surface area contributed by atoms with Gasteiger partial charge in [0.15, 0.2) is 9.84 Å². The van der Waals surface area contributed by atoms with Gasteiger partial charge < -0.3 is 5.32 Å². The standard InChI is InChI=1S/C20H18FNO3S2/c21-16-8-10-18(11-9-16)27(24,25)19(15-5-2-1-3-6-15)14-22-20(23)13-17-7-4-12-26-17/h1-12,19H,13-14H2,(H,22,23). The summed E-state index contributed by atoms with van der Waals surface area (Å²) in [7, 11) is -3.81. The Balaban J connectivity index is 1.83. The van der Waals surface area contributed by atoms with Crippen molar-refractivity contribution in [1.82, 2.24) is 5.32 Å². The van der Waals surface area contributed by atoms with Crippen molar-refractivity contribution in [2.75, 3.05) is 6.54 Å². The Morgan fingerprint density at radius 2 is 1.70 bits per heavy atom. The minimum Gasteiger partial charge on any atom is -0.354 e. The first-order valence-electron chi connectivity index (χ1n) is 8.30. The maximum absolute atomic E-state index is 13.2. The first-order chi connectivity index (χ1) is 13.0. The summed E-state index contributed by atoms with van der Waals surface area (Å²) in [6, 6.07) is 17.1. The third kappa shape index (κ3) is 4.81. The highest BCUT2D eigenvalue weighted by molar-refractivity contribution is 7.91. The largest absolute Gasteiger partial charge is 0.354 e. The van der Waals surface area contributed by atoms with E-state index in [-0.39, 0.29) is 23.8 Å². The number of carbonyl (C=O) groups is 1. The highest BCUT2D eigenvalue weighted by Gasteiger charge is 2.29. The molecule has 0 bridgehead atoms. The second kappa shape index (κ2) is 8.45. The number of hydrogen-bond donors (Lipinski definition) is 1. The van der Waals surface area contributed by atoms with Crippen LogP contribution in [0.2, 0.25) is 0 Å². The molecule has 4 nitrogen and oxygen atoms in total. The Bertz CT molecular complexity index is 985. The van der Waals surface area contributed by atoms with Crippen molar-refractivity contribution in [2.45, 2.75) is 16.6 Å². The third-order valence-electron chi connectivity index (χ3n) is 4.09. The molecule has 2 aromatic carbocycles. The number of amides is 1. The van der Waals surface area contributed by atoms with E-state index in [1.807, 2.05) is 17.5 Å². The normalized spacial score (nSPS) is 12.5. The summed E-state index contributed by atoms with van der Waals surface area (Å²) in [5.74, 6) is -0.748. The van der Waals surface area contributed by atoms with Crippen molar-refractivity contribution in [1.29, 1.82) is 0 Å². The average molecular weight is 404 g/mol. The van der Waals surface area contributed by atoms with Crippen LogP contribution in [0.3, 0.4) is 0 Å². The van der Waals surface area contributed by atoms with E-state index in [9.17, 15) is 17.6 Å². The lowest BCUT2D eigenvalue weighted by molar-refractivity contribution is -0.120. The van der Waals surface area contributed by atoms with Gasteiger partial charge in [0, 0.05) is 11.4 Å². The van der Waals surface area contributed by atoms with Crippen molar-refractivity contribution >= 4 is 27.1 Å². The molecule has 140 valence electrons. The van der Waals surface area contributed by atoms with Crippen molar-refractivity contribution in [3.05, 3.63) is 88.4 Å². The minimum absolute atomic E-state index is 0.0188. The molecule has 1 atom stereocenters. The number of carbonyl (C=O) groups excluding carboxylic acids is 1. The SMILES string of the molecule is O=C(Cc1cccs1)NCC(c1ccccc1)S(=O)(=O)c1ccc(F)cc1. The maximum Gasteiger partial charge on any atom is 0.225 e. The minimum atomic E-state index is -3.81. The Hall–Kier alpha value is -2.51. The fourth-order valence-corrected chi connectivity index (χ4v) is 5.07. The fraction of sp³-hybridized carbons (Fsp3) is 0.150. The van der Waals surface area contributed by atoms with E-state index in [0.29, 0.717) is 5.56 Å². The number of nitrogens with one attached hydrogen (secondary N) is 1. The van der Waals surface area contributed by atoms with Gasteiger partial charge in [-0.15, -0.1) is 11.3 Å².